The van der Waals surface area contributed by atoms with Gasteiger partial charge in [0.1, 0.15) is 5.69 Å². The number of H-pyrrole nitrogens is 1. The molecule has 0 saturated carbocycles. The number of para-hydroxylation sites is 1. The van der Waals surface area contributed by atoms with Crippen LogP contribution in [-0.4, -0.2) is 15.2 Å². The molecule has 3 aromatic rings. The molecule has 0 radical (unpaired) electrons. The van der Waals surface area contributed by atoms with Gasteiger partial charge in [0, 0.05) is 12.1 Å². The molecule has 116 valence electrons. The normalized spacial score (nSPS) is 10.5. The first-order chi connectivity index (χ1) is 11.1. The zero-order chi connectivity index (χ0) is 16.2. The molecule has 0 aliphatic heterocycles. The van der Waals surface area contributed by atoms with E-state index in [4.69, 9.17) is 0 Å². The van der Waals surface area contributed by atoms with E-state index in [0.717, 1.165) is 16.8 Å². The van der Waals surface area contributed by atoms with E-state index in [1.54, 1.807) is 0 Å². The maximum absolute atomic E-state index is 12.2. The number of aromatic nitrogens is 3. The quantitative estimate of drug-likeness (QED) is 0.777. The summed E-state index contributed by atoms with van der Waals surface area (Å²) >= 11 is 0. The molecule has 0 unspecified atom stereocenters. The maximum atomic E-state index is 12.2. The number of rotatable bonds is 4. The molecular formula is C18H18N4O. The van der Waals surface area contributed by atoms with E-state index in [2.05, 4.69) is 20.5 Å². The predicted molar refractivity (Wildman–Crippen MR) is 91.1 cm³/mol. The van der Waals surface area contributed by atoms with Crippen LogP contribution in [0.1, 0.15) is 22.4 Å². The fourth-order valence-corrected chi connectivity index (χ4v) is 2.27. The summed E-state index contributed by atoms with van der Waals surface area (Å²) in [6.45, 7) is 4.02. The van der Waals surface area contributed by atoms with Crippen molar-refractivity contribution in [3.05, 3.63) is 81.3 Å². The largest absolute Gasteiger partial charge is 0.324 e. The summed E-state index contributed by atoms with van der Waals surface area (Å²) in [6, 6.07) is 15.8. The topological polar surface area (TPSA) is 70.7 Å². The summed E-state index contributed by atoms with van der Waals surface area (Å²) in [5, 5.41) is 11.2. The van der Waals surface area contributed by atoms with Crippen LogP contribution in [-0.2, 0) is 6.42 Å². The number of benzene rings is 2. The molecule has 2 N–H and O–H groups in total. The number of hydrogen-bond donors (Lipinski definition) is 2. The third kappa shape index (κ3) is 3.63. The summed E-state index contributed by atoms with van der Waals surface area (Å²) in [5.41, 5.74) is 4.37. The Bertz CT molecular complexity index is 869. The summed E-state index contributed by atoms with van der Waals surface area (Å²) in [7, 11) is 0. The number of nitrogens with zero attached hydrogens (tertiary/aromatic N) is 2. The lowest BCUT2D eigenvalue weighted by Crippen LogP contribution is -2.19. The molecule has 3 rings (SSSR count). The van der Waals surface area contributed by atoms with Gasteiger partial charge >= 0.3 is 0 Å². The van der Waals surface area contributed by atoms with Gasteiger partial charge in [-0.25, -0.2) is 0 Å². The van der Waals surface area contributed by atoms with Crippen LogP contribution in [0.4, 0.5) is 11.6 Å². The van der Waals surface area contributed by atoms with Crippen LogP contribution in [0.5, 0.6) is 0 Å². The zero-order valence-electron chi connectivity index (χ0n) is 13.1. The van der Waals surface area contributed by atoms with Crippen LogP contribution >= 0.6 is 0 Å². The van der Waals surface area contributed by atoms with Crippen molar-refractivity contribution in [3.63, 3.8) is 0 Å². The Morgan fingerprint density at radius 2 is 1.74 bits per heavy atom. The molecule has 1 heterocycles. The fourth-order valence-electron chi connectivity index (χ4n) is 2.27. The molecule has 0 aliphatic carbocycles. The molecule has 23 heavy (non-hydrogen) atoms. The van der Waals surface area contributed by atoms with E-state index < -0.39 is 0 Å². The van der Waals surface area contributed by atoms with Crippen LogP contribution in [0.3, 0.4) is 0 Å². The minimum absolute atomic E-state index is 0.225. The minimum atomic E-state index is -0.225. The molecule has 2 aromatic carbocycles. The summed E-state index contributed by atoms with van der Waals surface area (Å²) < 4.78 is 0. The standard InChI is InChI=1S/C18H18N4O/c1-12-7-9-14(10-8-12)11-16-17(23)20-18(22-21-16)19-15-6-4-3-5-13(15)2/h3-10H,11H2,1-2H3,(H2,19,20,22,23). The van der Waals surface area contributed by atoms with Gasteiger partial charge in [-0.2, -0.15) is 0 Å². The van der Waals surface area contributed by atoms with E-state index in [0.29, 0.717) is 18.1 Å². The minimum Gasteiger partial charge on any atom is -0.324 e. The average Bonchev–Trinajstić information content (AvgIpc) is 2.54. The Hall–Kier alpha value is -2.95. The highest BCUT2D eigenvalue weighted by atomic mass is 16.1. The lowest BCUT2D eigenvalue weighted by Gasteiger charge is -2.08. The number of aryl methyl sites for hydroxylation is 2. The number of hydrogen-bond acceptors (Lipinski definition) is 4. The molecule has 0 amide bonds. The van der Waals surface area contributed by atoms with Gasteiger partial charge in [-0.3, -0.25) is 9.78 Å². The number of nitrogens with one attached hydrogen (secondary N) is 2. The SMILES string of the molecule is Cc1ccc(Cc2nnc(Nc3ccccc3C)[nH]c2=O)cc1. The molecular weight excluding hydrogens is 288 g/mol. The zero-order valence-corrected chi connectivity index (χ0v) is 13.1. The summed E-state index contributed by atoms with van der Waals surface area (Å²) in [6.07, 6.45) is 0.466. The monoisotopic (exact) mass is 306 g/mol. The first-order valence-electron chi connectivity index (χ1n) is 7.46. The molecule has 0 bridgehead atoms. The van der Waals surface area contributed by atoms with Crippen LogP contribution in [0.2, 0.25) is 0 Å². The second-order valence-corrected chi connectivity index (χ2v) is 5.55. The first kappa shape index (κ1) is 15.0. The Balaban J connectivity index is 1.79. The molecule has 0 aliphatic rings. The molecule has 5 heteroatoms. The molecule has 5 nitrogen and oxygen atoms in total. The third-order valence-corrected chi connectivity index (χ3v) is 3.66. The average molecular weight is 306 g/mol. The van der Waals surface area contributed by atoms with Crippen LogP contribution in [0, 0.1) is 13.8 Å². The molecule has 1 aromatic heterocycles. The Morgan fingerprint density at radius 3 is 2.43 bits per heavy atom. The van der Waals surface area contributed by atoms with Gasteiger partial charge in [-0.15, -0.1) is 10.2 Å². The highest BCUT2D eigenvalue weighted by molar-refractivity contribution is 5.57. The smallest absolute Gasteiger partial charge is 0.274 e. The Kier molecular flexibility index (Phi) is 4.19. The highest BCUT2D eigenvalue weighted by Gasteiger charge is 2.07. The van der Waals surface area contributed by atoms with Crippen molar-refractivity contribution in [2.45, 2.75) is 20.3 Å². The van der Waals surface area contributed by atoms with Crippen molar-refractivity contribution in [2.75, 3.05) is 5.32 Å². The van der Waals surface area contributed by atoms with Crippen molar-refractivity contribution in [3.8, 4) is 0 Å². The van der Waals surface area contributed by atoms with Crippen molar-refractivity contribution in [2.24, 2.45) is 0 Å². The third-order valence-electron chi connectivity index (χ3n) is 3.66. The number of aromatic amines is 1. The van der Waals surface area contributed by atoms with E-state index >= 15 is 0 Å². The van der Waals surface area contributed by atoms with Crippen LogP contribution in [0.15, 0.2) is 53.3 Å². The molecule has 0 atom stereocenters. The second kappa shape index (κ2) is 6.44. The molecule has 0 fully saturated rings. The van der Waals surface area contributed by atoms with E-state index in [1.807, 2.05) is 62.4 Å². The van der Waals surface area contributed by atoms with Gasteiger partial charge < -0.3 is 5.32 Å². The second-order valence-electron chi connectivity index (χ2n) is 5.55. The molecule has 0 spiro atoms. The predicted octanol–water partition coefficient (Wildman–Crippen LogP) is 3.12. The van der Waals surface area contributed by atoms with Crippen molar-refractivity contribution < 1.29 is 0 Å². The van der Waals surface area contributed by atoms with Crippen molar-refractivity contribution >= 4 is 11.6 Å². The van der Waals surface area contributed by atoms with Gasteiger partial charge in [-0.1, -0.05) is 48.0 Å². The van der Waals surface area contributed by atoms with Gasteiger partial charge in [0.05, 0.1) is 0 Å². The van der Waals surface area contributed by atoms with Gasteiger partial charge in [0.15, 0.2) is 0 Å². The van der Waals surface area contributed by atoms with E-state index in [1.165, 1.54) is 5.56 Å². The summed E-state index contributed by atoms with van der Waals surface area (Å²) in [4.78, 5) is 14.9. The number of anilines is 2. The highest BCUT2D eigenvalue weighted by Crippen LogP contribution is 2.16. The Labute approximate surface area is 134 Å². The summed E-state index contributed by atoms with van der Waals surface area (Å²) in [5.74, 6) is 0.344. The van der Waals surface area contributed by atoms with Crippen LogP contribution < -0.4 is 10.9 Å². The van der Waals surface area contributed by atoms with Crippen molar-refractivity contribution in [1.82, 2.24) is 15.2 Å². The first-order valence-corrected chi connectivity index (χ1v) is 7.46. The van der Waals surface area contributed by atoms with Gasteiger partial charge in [0.25, 0.3) is 5.56 Å². The van der Waals surface area contributed by atoms with E-state index in [-0.39, 0.29) is 5.56 Å². The lowest BCUT2D eigenvalue weighted by molar-refractivity contribution is 0.873. The van der Waals surface area contributed by atoms with E-state index in [9.17, 15) is 4.79 Å². The van der Waals surface area contributed by atoms with Gasteiger partial charge in [0.2, 0.25) is 5.95 Å². The van der Waals surface area contributed by atoms with Crippen LogP contribution in [0.25, 0.3) is 0 Å². The van der Waals surface area contributed by atoms with Crippen molar-refractivity contribution in [1.29, 1.82) is 0 Å². The molecule has 0 saturated heterocycles. The fraction of sp³-hybridized carbons (Fsp3) is 0.167. The van der Waals surface area contributed by atoms with Gasteiger partial charge in [-0.05, 0) is 31.0 Å². The maximum Gasteiger partial charge on any atom is 0.274 e. The lowest BCUT2D eigenvalue weighted by atomic mass is 10.1. The Morgan fingerprint density at radius 1 is 1.00 bits per heavy atom.